The van der Waals surface area contributed by atoms with E-state index in [0.717, 1.165) is 17.4 Å². The highest BCUT2D eigenvalue weighted by Gasteiger charge is 2.49. The van der Waals surface area contributed by atoms with Crippen molar-refractivity contribution in [2.75, 3.05) is 19.6 Å². The summed E-state index contributed by atoms with van der Waals surface area (Å²) >= 11 is 0. The molecule has 3 aliphatic rings. The van der Waals surface area contributed by atoms with E-state index in [1.807, 2.05) is 0 Å². The van der Waals surface area contributed by atoms with Gasteiger partial charge in [0.15, 0.2) is 0 Å². The van der Waals surface area contributed by atoms with Crippen LogP contribution in [0.4, 0.5) is 0 Å². The van der Waals surface area contributed by atoms with Crippen molar-refractivity contribution in [1.82, 2.24) is 10.6 Å². The Morgan fingerprint density at radius 1 is 1.08 bits per heavy atom. The van der Waals surface area contributed by atoms with Crippen LogP contribution in [0.2, 0.25) is 0 Å². The lowest BCUT2D eigenvalue weighted by Gasteiger charge is -2.28. The van der Waals surface area contributed by atoms with Gasteiger partial charge in [0.1, 0.15) is 0 Å². The number of nitrogens with one attached hydrogen (secondary N) is 2. The fourth-order valence-corrected chi connectivity index (χ4v) is 3.10. The van der Waals surface area contributed by atoms with Crippen molar-refractivity contribution in [1.29, 1.82) is 0 Å². The van der Waals surface area contributed by atoms with Crippen molar-refractivity contribution >= 4 is 0 Å². The summed E-state index contributed by atoms with van der Waals surface area (Å²) in [5.41, 5.74) is 0.787. The smallest absolute Gasteiger partial charge is 0.0102 e. The third-order valence-electron chi connectivity index (χ3n) is 4.30. The van der Waals surface area contributed by atoms with Gasteiger partial charge < -0.3 is 10.6 Å². The number of rotatable bonds is 1. The van der Waals surface area contributed by atoms with E-state index in [2.05, 4.69) is 10.6 Å². The van der Waals surface area contributed by atoms with E-state index >= 15 is 0 Å². The van der Waals surface area contributed by atoms with Crippen LogP contribution < -0.4 is 10.6 Å². The van der Waals surface area contributed by atoms with Crippen LogP contribution in [0.3, 0.4) is 0 Å². The summed E-state index contributed by atoms with van der Waals surface area (Å²) in [6.07, 6.45) is 7.28. The largest absolute Gasteiger partial charge is 0.317 e. The molecule has 74 valence electrons. The molecule has 0 bridgehead atoms. The van der Waals surface area contributed by atoms with Gasteiger partial charge in [-0.3, -0.25) is 0 Å². The highest BCUT2D eigenvalue weighted by Crippen LogP contribution is 2.53. The van der Waals surface area contributed by atoms with E-state index in [-0.39, 0.29) is 0 Å². The van der Waals surface area contributed by atoms with Gasteiger partial charge in [0.2, 0.25) is 0 Å². The van der Waals surface area contributed by atoms with Gasteiger partial charge in [0.05, 0.1) is 0 Å². The SMILES string of the molecule is C1CC(C2CC3(CC3)CN2)CCN1. The molecule has 3 rings (SSSR count). The van der Waals surface area contributed by atoms with E-state index < -0.39 is 0 Å². The molecule has 2 aliphatic heterocycles. The standard InChI is InChI=1S/C11H20N2/c1-5-12-6-2-9(1)10-7-11(3-4-11)8-13-10/h9-10,12-13H,1-8H2. The molecule has 1 unspecified atom stereocenters. The minimum atomic E-state index is 0.787. The summed E-state index contributed by atoms with van der Waals surface area (Å²) < 4.78 is 0. The first-order valence-corrected chi connectivity index (χ1v) is 5.82. The molecule has 1 spiro atoms. The molecule has 0 aromatic rings. The summed E-state index contributed by atoms with van der Waals surface area (Å²) in [5, 5.41) is 7.20. The molecule has 1 atom stereocenters. The Bertz CT molecular complexity index is 192. The average molecular weight is 180 g/mol. The average Bonchev–Trinajstić information content (AvgIpc) is 2.78. The number of hydrogen-bond acceptors (Lipinski definition) is 2. The van der Waals surface area contributed by atoms with Gasteiger partial charge in [0.25, 0.3) is 0 Å². The normalized spacial score (nSPS) is 38.3. The van der Waals surface area contributed by atoms with Crippen molar-refractivity contribution in [2.24, 2.45) is 11.3 Å². The van der Waals surface area contributed by atoms with Crippen molar-refractivity contribution in [3.8, 4) is 0 Å². The molecule has 0 aromatic heterocycles. The van der Waals surface area contributed by atoms with Crippen LogP contribution in [0.1, 0.15) is 32.1 Å². The fraction of sp³-hybridized carbons (Fsp3) is 1.00. The first-order chi connectivity index (χ1) is 6.38. The molecule has 0 aromatic carbocycles. The Labute approximate surface area is 80.5 Å². The van der Waals surface area contributed by atoms with Gasteiger partial charge in [-0.05, 0) is 56.5 Å². The third-order valence-corrected chi connectivity index (χ3v) is 4.30. The van der Waals surface area contributed by atoms with Gasteiger partial charge in [-0.15, -0.1) is 0 Å². The molecule has 0 radical (unpaired) electrons. The zero-order chi connectivity index (χ0) is 8.73. The topological polar surface area (TPSA) is 24.1 Å². The minimum absolute atomic E-state index is 0.787. The first kappa shape index (κ1) is 8.25. The highest BCUT2D eigenvalue weighted by molar-refractivity contribution is 5.04. The molecule has 0 amide bonds. The molecule has 2 saturated heterocycles. The summed E-state index contributed by atoms with van der Waals surface area (Å²) in [4.78, 5) is 0. The Morgan fingerprint density at radius 2 is 1.85 bits per heavy atom. The Balaban J connectivity index is 1.59. The van der Waals surface area contributed by atoms with Gasteiger partial charge in [0, 0.05) is 12.6 Å². The molecule has 1 aliphatic carbocycles. The zero-order valence-corrected chi connectivity index (χ0v) is 8.31. The molecule has 13 heavy (non-hydrogen) atoms. The summed E-state index contributed by atoms with van der Waals surface area (Å²) in [6, 6.07) is 0.865. The van der Waals surface area contributed by atoms with E-state index in [1.165, 1.54) is 51.7 Å². The third kappa shape index (κ3) is 1.50. The van der Waals surface area contributed by atoms with Crippen LogP contribution in [0.15, 0.2) is 0 Å². The maximum Gasteiger partial charge on any atom is 0.0102 e. The second-order valence-corrected chi connectivity index (χ2v) is 5.28. The fourth-order valence-electron chi connectivity index (χ4n) is 3.10. The number of piperidine rings is 1. The molecule has 2 heteroatoms. The van der Waals surface area contributed by atoms with Crippen LogP contribution in [0, 0.1) is 11.3 Å². The lowest BCUT2D eigenvalue weighted by Crippen LogP contribution is -2.38. The lowest BCUT2D eigenvalue weighted by molar-refractivity contribution is 0.294. The molecule has 1 saturated carbocycles. The second kappa shape index (κ2) is 2.96. The molecule has 2 nitrogen and oxygen atoms in total. The van der Waals surface area contributed by atoms with Crippen molar-refractivity contribution in [3.63, 3.8) is 0 Å². The molecule has 2 heterocycles. The van der Waals surface area contributed by atoms with Crippen LogP contribution in [-0.2, 0) is 0 Å². The van der Waals surface area contributed by atoms with Gasteiger partial charge in [-0.2, -0.15) is 0 Å². The summed E-state index contributed by atoms with van der Waals surface area (Å²) in [7, 11) is 0. The second-order valence-electron chi connectivity index (χ2n) is 5.28. The molecule has 2 N–H and O–H groups in total. The van der Waals surface area contributed by atoms with E-state index in [9.17, 15) is 0 Å². The Morgan fingerprint density at radius 3 is 2.46 bits per heavy atom. The predicted octanol–water partition coefficient (Wildman–Crippen LogP) is 1.13. The van der Waals surface area contributed by atoms with E-state index in [1.54, 1.807) is 0 Å². The summed E-state index contributed by atoms with van der Waals surface area (Å²) in [5.74, 6) is 0.973. The van der Waals surface area contributed by atoms with E-state index in [0.29, 0.717) is 0 Å². The minimum Gasteiger partial charge on any atom is -0.317 e. The van der Waals surface area contributed by atoms with Crippen molar-refractivity contribution in [3.05, 3.63) is 0 Å². The van der Waals surface area contributed by atoms with Crippen molar-refractivity contribution < 1.29 is 0 Å². The maximum absolute atomic E-state index is 3.75. The molecular weight excluding hydrogens is 160 g/mol. The maximum atomic E-state index is 3.75. The molecule has 3 fully saturated rings. The van der Waals surface area contributed by atoms with Crippen LogP contribution in [0.25, 0.3) is 0 Å². The van der Waals surface area contributed by atoms with Crippen LogP contribution in [-0.4, -0.2) is 25.7 Å². The molecular formula is C11H20N2. The predicted molar refractivity (Wildman–Crippen MR) is 53.7 cm³/mol. The van der Waals surface area contributed by atoms with Gasteiger partial charge in [-0.25, -0.2) is 0 Å². The Kier molecular flexibility index (Phi) is 1.88. The lowest BCUT2D eigenvalue weighted by atomic mass is 9.87. The monoisotopic (exact) mass is 180 g/mol. The first-order valence-electron chi connectivity index (χ1n) is 5.82. The zero-order valence-electron chi connectivity index (χ0n) is 8.31. The van der Waals surface area contributed by atoms with Gasteiger partial charge in [-0.1, -0.05) is 0 Å². The quantitative estimate of drug-likeness (QED) is 0.632. The van der Waals surface area contributed by atoms with Crippen LogP contribution >= 0.6 is 0 Å². The summed E-state index contributed by atoms with van der Waals surface area (Å²) in [6.45, 7) is 3.81. The van der Waals surface area contributed by atoms with E-state index in [4.69, 9.17) is 0 Å². The van der Waals surface area contributed by atoms with Crippen LogP contribution in [0.5, 0.6) is 0 Å². The van der Waals surface area contributed by atoms with Gasteiger partial charge >= 0.3 is 0 Å². The highest BCUT2D eigenvalue weighted by atomic mass is 15.0. The number of hydrogen-bond donors (Lipinski definition) is 2. The Hall–Kier alpha value is -0.0800. The van der Waals surface area contributed by atoms with Crippen molar-refractivity contribution in [2.45, 2.75) is 38.1 Å².